The van der Waals surface area contributed by atoms with Crippen LogP contribution in [-0.2, 0) is 7.05 Å². The topological polar surface area (TPSA) is 69.2 Å². The minimum atomic E-state index is -0.431. The second-order valence-electron chi connectivity index (χ2n) is 5.70. The molecule has 0 saturated carbocycles. The van der Waals surface area contributed by atoms with Crippen molar-refractivity contribution in [3.8, 4) is 5.69 Å². The minimum absolute atomic E-state index is 0.225. The molecule has 0 aliphatic rings. The molecule has 0 saturated heterocycles. The summed E-state index contributed by atoms with van der Waals surface area (Å²) in [6.45, 7) is 0. The zero-order valence-corrected chi connectivity index (χ0v) is 13.5. The molecule has 2 aromatic carbocycles. The van der Waals surface area contributed by atoms with Crippen molar-refractivity contribution in [2.45, 2.75) is 0 Å². The maximum atomic E-state index is 12.4. The number of rotatable bonds is 3. The van der Waals surface area contributed by atoms with E-state index in [4.69, 9.17) is 4.42 Å². The average Bonchev–Trinajstić information content (AvgIpc) is 3.24. The van der Waals surface area contributed by atoms with E-state index >= 15 is 0 Å². The Labute approximate surface area is 142 Å². The van der Waals surface area contributed by atoms with Crippen molar-refractivity contribution >= 4 is 22.7 Å². The third-order valence-electron chi connectivity index (χ3n) is 4.08. The summed E-state index contributed by atoms with van der Waals surface area (Å²) in [5.74, 6) is -0.657. The number of carbonyl (C=O) groups excluding carboxylic acids is 1. The van der Waals surface area contributed by atoms with Gasteiger partial charge in [-0.2, -0.15) is 0 Å². The number of benzene rings is 2. The predicted octanol–water partition coefficient (Wildman–Crippen LogP) is 3.17. The Bertz CT molecular complexity index is 1100. The lowest BCUT2D eigenvalue weighted by molar-refractivity contribution is 0.102. The van der Waals surface area contributed by atoms with Crippen LogP contribution in [0.5, 0.6) is 0 Å². The first kappa shape index (κ1) is 15.0. The van der Waals surface area contributed by atoms with Gasteiger partial charge in [-0.25, -0.2) is 4.79 Å². The first-order valence-electron chi connectivity index (χ1n) is 7.76. The molecule has 2 aromatic heterocycles. The summed E-state index contributed by atoms with van der Waals surface area (Å²) in [4.78, 5) is 23.9. The third-order valence-corrected chi connectivity index (χ3v) is 4.08. The van der Waals surface area contributed by atoms with E-state index in [-0.39, 0.29) is 5.91 Å². The summed E-state index contributed by atoms with van der Waals surface area (Å²) in [5.41, 5.74) is 3.22. The smallest absolute Gasteiger partial charge is 0.408 e. The van der Waals surface area contributed by atoms with E-state index in [0.717, 1.165) is 5.69 Å². The molecule has 25 heavy (non-hydrogen) atoms. The Hall–Kier alpha value is -3.54. The number of hydrogen-bond donors (Lipinski definition) is 1. The van der Waals surface area contributed by atoms with Gasteiger partial charge in [0.05, 0.1) is 5.52 Å². The van der Waals surface area contributed by atoms with Gasteiger partial charge in [-0.05, 0) is 48.5 Å². The second-order valence-corrected chi connectivity index (χ2v) is 5.70. The Balaban J connectivity index is 1.56. The molecule has 0 fully saturated rings. The van der Waals surface area contributed by atoms with Gasteiger partial charge < -0.3 is 14.3 Å². The molecule has 1 amide bonds. The lowest BCUT2D eigenvalue weighted by Gasteiger charge is -2.07. The number of aromatic nitrogens is 2. The minimum Gasteiger partial charge on any atom is -0.408 e. The van der Waals surface area contributed by atoms with E-state index in [9.17, 15) is 9.59 Å². The van der Waals surface area contributed by atoms with Crippen LogP contribution in [-0.4, -0.2) is 15.0 Å². The summed E-state index contributed by atoms with van der Waals surface area (Å²) >= 11 is 0. The van der Waals surface area contributed by atoms with Crippen molar-refractivity contribution < 1.29 is 9.21 Å². The number of aryl methyl sites for hydroxylation is 1. The van der Waals surface area contributed by atoms with Crippen LogP contribution in [0.2, 0.25) is 0 Å². The van der Waals surface area contributed by atoms with Crippen LogP contribution in [0.3, 0.4) is 0 Å². The lowest BCUT2D eigenvalue weighted by atomic mass is 10.2. The zero-order valence-electron chi connectivity index (χ0n) is 13.5. The molecular formula is C19H15N3O3. The number of anilines is 1. The maximum absolute atomic E-state index is 12.4. The molecular weight excluding hydrogens is 318 g/mol. The van der Waals surface area contributed by atoms with Crippen molar-refractivity contribution in [2.75, 3.05) is 5.32 Å². The van der Waals surface area contributed by atoms with Crippen molar-refractivity contribution in [3.63, 3.8) is 0 Å². The molecule has 2 heterocycles. The van der Waals surface area contributed by atoms with E-state index in [1.807, 2.05) is 41.2 Å². The van der Waals surface area contributed by atoms with Crippen LogP contribution in [0.1, 0.15) is 10.4 Å². The number of oxazole rings is 1. The van der Waals surface area contributed by atoms with Crippen LogP contribution < -0.4 is 11.1 Å². The summed E-state index contributed by atoms with van der Waals surface area (Å²) in [6, 6.07) is 16.3. The molecule has 0 radical (unpaired) electrons. The number of amides is 1. The molecule has 6 heteroatoms. The highest BCUT2D eigenvalue weighted by atomic mass is 16.4. The normalized spacial score (nSPS) is 10.9. The van der Waals surface area contributed by atoms with Crippen LogP contribution in [0, 0.1) is 0 Å². The highest BCUT2D eigenvalue weighted by Crippen LogP contribution is 2.19. The zero-order chi connectivity index (χ0) is 17.4. The van der Waals surface area contributed by atoms with Crippen LogP contribution in [0.4, 0.5) is 5.69 Å². The Morgan fingerprint density at radius 1 is 1.04 bits per heavy atom. The van der Waals surface area contributed by atoms with Crippen LogP contribution in [0.25, 0.3) is 16.8 Å². The number of fused-ring (bicyclic) bond motifs is 1. The monoisotopic (exact) mass is 333 g/mol. The van der Waals surface area contributed by atoms with Crippen molar-refractivity contribution in [1.82, 2.24) is 9.13 Å². The summed E-state index contributed by atoms with van der Waals surface area (Å²) in [5, 5.41) is 2.82. The van der Waals surface area contributed by atoms with Gasteiger partial charge in [-0.1, -0.05) is 0 Å². The first-order chi connectivity index (χ1) is 12.1. The molecule has 4 rings (SSSR count). The van der Waals surface area contributed by atoms with Gasteiger partial charge in [-0.15, -0.1) is 0 Å². The Kier molecular flexibility index (Phi) is 3.50. The van der Waals surface area contributed by atoms with Crippen molar-refractivity contribution in [3.05, 3.63) is 83.1 Å². The molecule has 0 bridgehead atoms. The van der Waals surface area contributed by atoms with E-state index in [2.05, 4.69) is 5.32 Å². The molecule has 4 aromatic rings. The SMILES string of the molecule is Cn1c(=O)oc2cc(NC(=O)c3ccc(-n4cccc4)cc3)ccc21. The molecule has 124 valence electrons. The standard InChI is InChI=1S/C19H15N3O3/c1-21-16-9-6-14(12-17(16)25-19(21)24)20-18(23)13-4-7-15(8-5-13)22-10-2-3-11-22/h2-12H,1H3,(H,20,23). The maximum Gasteiger partial charge on any atom is 0.419 e. The third kappa shape index (κ3) is 2.74. The Morgan fingerprint density at radius 2 is 1.76 bits per heavy atom. The molecule has 1 N–H and O–H groups in total. The molecule has 0 unspecified atom stereocenters. The second kappa shape index (κ2) is 5.83. The van der Waals surface area contributed by atoms with Gasteiger partial charge in [0.25, 0.3) is 5.91 Å². The molecule has 0 atom stereocenters. The summed E-state index contributed by atoms with van der Waals surface area (Å²) in [6.07, 6.45) is 3.88. The van der Waals surface area contributed by atoms with E-state index in [0.29, 0.717) is 22.4 Å². The number of hydrogen-bond acceptors (Lipinski definition) is 3. The number of nitrogens with one attached hydrogen (secondary N) is 1. The van der Waals surface area contributed by atoms with Crippen LogP contribution >= 0.6 is 0 Å². The van der Waals surface area contributed by atoms with Gasteiger partial charge in [0.1, 0.15) is 0 Å². The van der Waals surface area contributed by atoms with Gasteiger partial charge >= 0.3 is 5.76 Å². The highest BCUT2D eigenvalue weighted by Gasteiger charge is 2.10. The van der Waals surface area contributed by atoms with Crippen molar-refractivity contribution in [1.29, 1.82) is 0 Å². The van der Waals surface area contributed by atoms with Gasteiger partial charge in [-0.3, -0.25) is 9.36 Å². The first-order valence-corrected chi connectivity index (χ1v) is 7.76. The fourth-order valence-corrected chi connectivity index (χ4v) is 2.71. The largest absolute Gasteiger partial charge is 0.419 e. The predicted molar refractivity (Wildman–Crippen MR) is 95.2 cm³/mol. The van der Waals surface area contributed by atoms with E-state index in [1.54, 1.807) is 37.4 Å². The number of carbonyl (C=O) groups is 1. The fourth-order valence-electron chi connectivity index (χ4n) is 2.71. The van der Waals surface area contributed by atoms with Gasteiger partial charge in [0.15, 0.2) is 5.58 Å². The van der Waals surface area contributed by atoms with Crippen LogP contribution in [0.15, 0.2) is 76.2 Å². The Morgan fingerprint density at radius 3 is 2.48 bits per heavy atom. The fraction of sp³-hybridized carbons (Fsp3) is 0.0526. The van der Waals surface area contributed by atoms with E-state index in [1.165, 1.54) is 4.57 Å². The molecule has 0 aliphatic carbocycles. The molecule has 0 aliphatic heterocycles. The summed E-state index contributed by atoms with van der Waals surface area (Å²) in [7, 11) is 1.64. The van der Waals surface area contributed by atoms with Crippen molar-refractivity contribution in [2.24, 2.45) is 7.05 Å². The average molecular weight is 333 g/mol. The lowest BCUT2D eigenvalue weighted by Crippen LogP contribution is -2.11. The van der Waals surface area contributed by atoms with Gasteiger partial charge in [0.2, 0.25) is 0 Å². The highest BCUT2D eigenvalue weighted by molar-refractivity contribution is 6.05. The molecule has 0 spiro atoms. The molecule has 6 nitrogen and oxygen atoms in total. The summed E-state index contributed by atoms with van der Waals surface area (Å²) < 4.78 is 8.52. The number of nitrogens with zero attached hydrogens (tertiary/aromatic N) is 2. The quantitative estimate of drug-likeness (QED) is 0.626. The van der Waals surface area contributed by atoms with E-state index < -0.39 is 5.76 Å². The van der Waals surface area contributed by atoms with Gasteiger partial charge in [0, 0.05) is 42.4 Å².